The number of nitrogens with zero attached hydrogens (tertiary/aromatic N) is 2. The van der Waals surface area contributed by atoms with Crippen molar-refractivity contribution in [1.82, 2.24) is 14.5 Å². The molecular weight excluding hydrogens is 518 g/mol. The van der Waals surface area contributed by atoms with Gasteiger partial charge in [-0.1, -0.05) is 66.7 Å². The molecule has 1 fully saturated rings. The summed E-state index contributed by atoms with van der Waals surface area (Å²) in [6, 6.07) is 26.0. The number of methoxy groups -OCH3 is 1. The number of unbranched alkanes of at least 4 members (excludes halogenated alkanes) is 1. The molecule has 0 spiro atoms. The van der Waals surface area contributed by atoms with Gasteiger partial charge < -0.3 is 14.4 Å². The van der Waals surface area contributed by atoms with Gasteiger partial charge in [-0.3, -0.25) is 19.1 Å². The number of nitrogens with one attached hydrogen (secondary N) is 1. The van der Waals surface area contributed by atoms with Crippen LogP contribution in [0.3, 0.4) is 0 Å². The SMILES string of the molecule is COC(=O)Cc1ccc2c(c1)c(=O)[nH]c(=O)n2CCCCN1CCC(OC(c2ccccc2)c2ccccc2)CC1. The average molecular weight is 556 g/mol. The number of H-pyrrole nitrogens is 1. The number of hydrogen-bond acceptors (Lipinski definition) is 6. The number of hydrogen-bond donors (Lipinski definition) is 1. The predicted octanol–water partition coefficient (Wildman–Crippen LogP) is 4.46. The molecule has 214 valence electrons. The minimum atomic E-state index is -0.445. The second-order valence-electron chi connectivity index (χ2n) is 10.6. The van der Waals surface area contributed by atoms with Gasteiger partial charge in [0.15, 0.2) is 0 Å². The van der Waals surface area contributed by atoms with Crippen molar-refractivity contribution < 1.29 is 14.3 Å². The third-order valence-electron chi connectivity index (χ3n) is 7.81. The number of piperidine rings is 1. The van der Waals surface area contributed by atoms with Crippen molar-refractivity contribution in [2.45, 2.75) is 50.9 Å². The van der Waals surface area contributed by atoms with E-state index in [1.807, 2.05) is 12.1 Å². The molecule has 4 aromatic rings. The van der Waals surface area contributed by atoms with Crippen molar-refractivity contribution >= 4 is 16.9 Å². The summed E-state index contributed by atoms with van der Waals surface area (Å²) < 4.78 is 13.0. The highest BCUT2D eigenvalue weighted by molar-refractivity contribution is 5.81. The summed E-state index contributed by atoms with van der Waals surface area (Å²) in [6.45, 7) is 3.42. The van der Waals surface area contributed by atoms with Crippen molar-refractivity contribution in [1.29, 1.82) is 0 Å². The van der Waals surface area contributed by atoms with Gasteiger partial charge in [0, 0.05) is 19.6 Å². The fourth-order valence-corrected chi connectivity index (χ4v) is 5.58. The van der Waals surface area contributed by atoms with Crippen LogP contribution in [0.5, 0.6) is 0 Å². The van der Waals surface area contributed by atoms with E-state index in [1.165, 1.54) is 18.2 Å². The fourth-order valence-electron chi connectivity index (χ4n) is 5.58. The zero-order valence-corrected chi connectivity index (χ0v) is 23.5. The molecule has 0 aliphatic carbocycles. The second-order valence-corrected chi connectivity index (χ2v) is 10.6. The highest BCUT2D eigenvalue weighted by Gasteiger charge is 2.24. The lowest BCUT2D eigenvalue weighted by Crippen LogP contribution is -2.38. The molecular formula is C33H37N3O5. The number of aryl methyl sites for hydroxylation is 1. The minimum absolute atomic E-state index is 0.0732. The number of fused-ring (bicyclic) bond motifs is 1. The summed E-state index contributed by atoms with van der Waals surface area (Å²) in [5.74, 6) is -0.378. The van der Waals surface area contributed by atoms with Crippen LogP contribution in [-0.4, -0.2) is 53.3 Å². The lowest BCUT2D eigenvalue weighted by atomic mass is 10.00. The van der Waals surface area contributed by atoms with E-state index in [1.54, 1.807) is 22.8 Å². The molecule has 8 heteroatoms. The Hall–Kier alpha value is -4.01. The van der Waals surface area contributed by atoms with E-state index in [4.69, 9.17) is 9.47 Å². The lowest BCUT2D eigenvalue weighted by Gasteiger charge is -2.34. The van der Waals surface area contributed by atoms with Crippen molar-refractivity contribution in [3.05, 3.63) is 116 Å². The Balaban J connectivity index is 1.13. The van der Waals surface area contributed by atoms with Crippen LogP contribution >= 0.6 is 0 Å². The van der Waals surface area contributed by atoms with Crippen molar-refractivity contribution in [3.8, 4) is 0 Å². The van der Waals surface area contributed by atoms with Gasteiger partial charge in [-0.05, 0) is 61.1 Å². The third-order valence-corrected chi connectivity index (χ3v) is 7.81. The molecule has 1 aliphatic heterocycles. The number of benzene rings is 3. The Kier molecular flexibility index (Phi) is 9.44. The average Bonchev–Trinajstić information content (AvgIpc) is 3.01. The number of esters is 1. The van der Waals surface area contributed by atoms with Crippen molar-refractivity contribution in [2.75, 3.05) is 26.7 Å². The molecule has 0 unspecified atom stereocenters. The molecule has 1 aliphatic rings. The standard InChI is InChI=1S/C33H37N3O5/c1-40-30(37)23-24-14-15-29-28(22-24)32(38)34-33(39)36(29)19-9-8-18-35-20-16-27(17-21-35)41-31(25-10-4-2-5-11-25)26-12-6-3-7-13-26/h2-7,10-15,22,27,31H,8-9,16-21,23H2,1H3,(H,34,38,39). The number of aromatic nitrogens is 2. The first kappa shape index (κ1) is 28.5. The Morgan fingerprint density at radius 2 is 1.54 bits per heavy atom. The van der Waals surface area contributed by atoms with Crippen LogP contribution in [-0.2, 0) is 27.2 Å². The van der Waals surface area contributed by atoms with Crippen molar-refractivity contribution in [2.24, 2.45) is 0 Å². The number of likely N-dealkylation sites (tertiary alicyclic amines) is 1. The highest BCUT2D eigenvalue weighted by atomic mass is 16.5. The van der Waals surface area contributed by atoms with Gasteiger partial charge in [0.05, 0.1) is 30.5 Å². The Bertz CT molecular complexity index is 1520. The van der Waals surface area contributed by atoms with Crippen molar-refractivity contribution in [3.63, 3.8) is 0 Å². The molecule has 8 nitrogen and oxygen atoms in total. The molecule has 0 radical (unpaired) electrons. The van der Waals surface area contributed by atoms with E-state index in [0.717, 1.165) is 45.3 Å². The Labute approximate surface area is 239 Å². The molecule has 5 rings (SSSR count). The summed E-state index contributed by atoms with van der Waals surface area (Å²) in [5.41, 5.74) is 2.74. The quantitative estimate of drug-likeness (QED) is 0.217. The van der Waals surface area contributed by atoms with Crippen LogP contribution < -0.4 is 11.2 Å². The number of rotatable bonds is 11. The maximum atomic E-state index is 12.6. The summed E-state index contributed by atoms with van der Waals surface area (Å²) in [7, 11) is 1.33. The van der Waals surface area contributed by atoms with Crippen LogP contribution in [0, 0.1) is 0 Å². The molecule has 0 saturated carbocycles. The van der Waals surface area contributed by atoms with E-state index >= 15 is 0 Å². The monoisotopic (exact) mass is 555 g/mol. The van der Waals surface area contributed by atoms with E-state index in [-0.39, 0.29) is 24.6 Å². The third kappa shape index (κ3) is 7.20. The molecule has 1 N–H and O–H groups in total. The van der Waals surface area contributed by atoms with Gasteiger partial charge in [0.1, 0.15) is 6.10 Å². The van der Waals surface area contributed by atoms with E-state index in [2.05, 4.69) is 58.4 Å². The largest absolute Gasteiger partial charge is 0.469 e. The molecule has 0 amide bonds. The summed E-state index contributed by atoms with van der Waals surface area (Å²) in [4.78, 5) is 41.6. The maximum absolute atomic E-state index is 12.6. The highest BCUT2D eigenvalue weighted by Crippen LogP contribution is 2.30. The normalized spacial score (nSPS) is 14.5. The van der Waals surface area contributed by atoms with Crippen LogP contribution in [0.4, 0.5) is 0 Å². The van der Waals surface area contributed by atoms with E-state index in [9.17, 15) is 14.4 Å². The summed E-state index contributed by atoms with van der Waals surface area (Å²) in [6.07, 6.45) is 3.91. The first-order chi connectivity index (χ1) is 20.0. The fraction of sp³-hybridized carbons (Fsp3) is 0.364. The molecule has 0 atom stereocenters. The van der Waals surface area contributed by atoms with E-state index in [0.29, 0.717) is 23.0 Å². The number of aromatic amines is 1. The molecule has 1 saturated heterocycles. The molecule has 2 heterocycles. The van der Waals surface area contributed by atoms with Crippen LogP contribution in [0.15, 0.2) is 88.5 Å². The van der Waals surface area contributed by atoms with Crippen LogP contribution in [0.25, 0.3) is 10.9 Å². The van der Waals surface area contributed by atoms with Gasteiger partial charge in [-0.25, -0.2) is 4.79 Å². The molecule has 1 aromatic heterocycles. The number of ether oxygens (including phenoxy) is 2. The van der Waals surface area contributed by atoms with Crippen LogP contribution in [0.1, 0.15) is 48.5 Å². The molecule has 3 aromatic carbocycles. The Morgan fingerprint density at radius 3 is 2.17 bits per heavy atom. The molecule has 0 bridgehead atoms. The topological polar surface area (TPSA) is 93.6 Å². The summed E-state index contributed by atoms with van der Waals surface area (Å²) in [5, 5.41) is 0.400. The number of carbonyl (C=O) groups excluding carboxylic acids is 1. The van der Waals surface area contributed by atoms with Crippen LogP contribution in [0.2, 0.25) is 0 Å². The van der Waals surface area contributed by atoms with Gasteiger partial charge in [0.25, 0.3) is 5.56 Å². The number of carbonyl (C=O) groups is 1. The van der Waals surface area contributed by atoms with Gasteiger partial charge >= 0.3 is 11.7 Å². The van der Waals surface area contributed by atoms with Gasteiger partial charge in [0.2, 0.25) is 0 Å². The zero-order chi connectivity index (χ0) is 28.6. The smallest absolute Gasteiger partial charge is 0.328 e. The second kappa shape index (κ2) is 13.6. The maximum Gasteiger partial charge on any atom is 0.328 e. The van der Waals surface area contributed by atoms with Gasteiger partial charge in [-0.2, -0.15) is 0 Å². The Morgan fingerprint density at radius 1 is 0.902 bits per heavy atom. The first-order valence-corrected chi connectivity index (χ1v) is 14.3. The zero-order valence-electron chi connectivity index (χ0n) is 23.5. The summed E-state index contributed by atoms with van der Waals surface area (Å²) >= 11 is 0. The first-order valence-electron chi connectivity index (χ1n) is 14.3. The van der Waals surface area contributed by atoms with Gasteiger partial charge in [-0.15, -0.1) is 0 Å². The molecule has 41 heavy (non-hydrogen) atoms. The lowest BCUT2D eigenvalue weighted by molar-refractivity contribution is -0.139. The minimum Gasteiger partial charge on any atom is -0.469 e. The predicted molar refractivity (Wildman–Crippen MR) is 159 cm³/mol. The van der Waals surface area contributed by atoms with E-state index < -0.39 is 11.2 Å².